The molecule has 0 spiro atoms. The van der Waals surface area contributed by atoms with Gasteiger partial charge in [-0.25, -0.2) is 0 Å². The van der Waals surface area contributed by atoms with E-state index in [0.29, 0.717) is 11.5 Å². The Kier molecular flexibility index (Phi) is 7.44. The first-order valence-corrected chi connectivity index (χ1v) is 13.8. The minimum absolute atomic E-state index is 0.0164. The topological polar surface area (TPSA) is 88.2 Å². The molecule has 0 aromatic heterocycles. The maximum Gasteiger partial charge on any atom is 0.251 e. The lowest BCUT2D eigenvalue weighted by Crippen LogP contribution is -2.57. The number of fused-ring (bicyclic) bond motifs is 1. The number of carbonyl (C=O) groups is 3. The summed E-state index contributed by atoms with van der Waals surface area (Å²) in [6.07, 6.45) is 5.58. The SMILES string of the molecule is CO[C@H]1CN(C(=O)[C@@H](NC(=O)c2ccc(C3CCN(C4CCC4)CC3)cc2)C(C)(C)C)[C@@H]2C(=O)CO[C@H]12. The fraction of sp³-hybridized carbons (Fsp3) is 0.690. The Bertz CT molecular complexity index is 1010. The average Bonchev–Trinajstić information content (AvgIpc) is 3.41. The Morgan fingerprint density at radius 3 is 2.32 bits per heavy atom. The summed E-state index contributed by atoms with van der Waals surface area (Å²) in [7, 11) is 1.56. The third-order valence-corrected chi connectivity index (χ3v) is 8.88. The van der Waals surface area contributed by atoms with Crippen LogP contribution in [0.25, 0.3) is 0 Å². The second-order valence-corrected chi connectivity index (χ2v) is 12.2. The smallest absolute Gasteiger partial charge is 0.251 e. The molecule has 8 nitrogen and oxygen atoms in total. The molecule has 1 saturated carbocycles. The first-order valence-electron chi connectivity index (χ1n) is 13.8. The van der Waals surface area contributed by atoms with Gasteiger partial charge in [-0.15, -0.1) is 0 Å². The Balaban J connectivity index is 1.24. The molecule has 1 aliphatic carbocycles. The van der Waals surface area contributed by atoms with Gasteiger partial charge >= 0.3 is 0 Å². The number of hydrogen-bond acceptors (Lipinski definition) is 6. The van der Waals surface area contributed by atoms with Crippen LogP contribution in [0.5, 0.6) is 0 Å². The molecule has 4 fully saturated rings. The molecule has 5 rings (SSSR count). The molecule has 3 aliphatic heterocycles. The maximum absolute atomic E-state index is 13.7. The van der Waals surface area contributed by atoms with E-state index < -0.39 is 23.6 Å². The number of likely N-dealkylation sites (tertiary alicyclic amines) is 2. The van der Waals surface area contributed by atoms with Gasteiger partial charge in [0.15, 0.2) is 5.78 Å². The molecule has 3 heterocycles. The third-order valence-electron chi connectivity index (χ3n) is 8.88. The van der Waals surface area contributed by atoms with Crippen molar-refractivity contribution in [3.63, 3.8) is 0 Å². The summed E-state index contributed by atoms with van der Waals surface area (Å²) in [5.41, 5.74) is 1.26. The molecule has 202 valence electrons. The summed E-state index contributed by atoms with van der Waals surface area (Å²) in [5, 5.41) is 2.98. The van der Waals surface area contributed by atoms with Crippen molar-refractivity contribution >= 4 is 17.6 Å². The first-order chi connectivity index (χ1) is 17.7. The molecule has 0 bridgehead atoms. The van der Waals surface area contributed by atoms with Gasteiger partial charge in [0.1, 0.15) is 30.9 Å². The molecule has 1 N–H and O–H groups in total. The molecule has 3 saturated heterocycles. The lowest BCUT2D eigenvalue weighted by atomic mass is 9.84. The lowest BCUT2D eigenvalue weighted by Gasteiger charge is -2.42. The van der Waals surface area contributed by atoms with Crippen LogP contribution in [-0.4, -0.2) is 91.1 Å². The average molecular weight is 512 g/mol. The van der Waals surface area contributed by atoms with Crippen LogP contribution in [0.2, 0.25) is 0 Å². The maximum atomic E-state index is 13.7. The van der Waals surface area contributed by atoms with Crippen LogP contribution in [-0.2, 0) is 19.1 Å². The molecule has 2 amide bonds. The van der Waals surface area contributed by atoms with Gasteiger partial charge in [-0.2, -0.15) is 0 Å². The van der Waals surface area contributed by atoms with E-state index in [0.717, 1.165) is 32.0 Å². The van der Waals surface area contributed by atoms with Gasteiger partial charge < -0.3 is 24.6 Å². The van der Waals surface area contributed by atoms with Gasteiger partial charge in [0.05, 0.1) is 6.54 Å². The van der Waals surface area contributed by atoms with E-state index in [4.69, 9.17) is 9.47 Å². The predicted molar refractivity (Wildman–Crippen MR) is 139 cm³/mol. The number of rotatable bonds is 6. The van der Waals surface area contributed by atoms with Crippen molar-refractivity contribution in [3.05, 3.63) is 35.4 Å². The number of piperidine rings is 1. The van der Waals surface area contributed by atoms with E-state index in [9.17, 15) is 14.4 Å². The number of amides is 2. The van der Waals surface area contributed by atoms with Crippen LogP contribution in [0.1, 0.15) is 74.7 Å². The minimum Gasteiger partial charge on any atom is -0.377 e. The van der Waals surface area contributed by atoms with Gasteiger partial charge in [-0.3, -0.25) is 14.4 Å². The second-order valence-electron chi connectivity index (χ2n) is 12.2. The van der Waals surface area contributed by atoms with Crippen molar-refractivity contribution in [2.24, 2.45) is 5.41 Å². The molecular weight excluding hydrogens is 470 g/mol. The number of ketones is 1. The Hall–Kier alpha value is -2.29. The number of benzene rings is 1. The number of hydrogen-bond donors (Lipinski definition) is 1. The molecule has 0 unspecified atom stereocenters. The third kappa shape index (κ3) is 5.20. The summed E-state index contributed by atoms with van der Waals surface area (Å²) >= 11 is 0. The van der Waals surface area contributed by atoms with Gasteiger partial charge in [0.25, 0.3) is 5.91 Å². The number of ether oxygens (including phenoxy) is 2. The van der Waals surface area contributed by atoms with Crippen molar-refractivity contribution in [1.82, 2.24) is 15.1 Å². The molecule has 8 heteroatoms. The minimum atomic E-state index is -0.792. The van der Waals surface area contributed by atoms with Gasteiger partial charge in [0, 0.05) is 18.7 Å². The summed E-state index contributed by atoms with van der Waals surface area (Å²) in [5.74, 6) is -0.150. The number of nitrogens with one attached hydrogen (secondary N) is 1. The van der Waals surface area contributed by atoms with Crippen molar-refractivity contribution in [2.45, 2.75) is 89.1 Å². The van der Waals surface area contributed by atoms with Crippen molar-refractivity contribution in [1.29, 1.82) is 0 Å². The molecule has 4 atom stereocenters. The fourth-order valence-electron chi connectivity index (χ4n) is 6.33. The zero-order valence-electron chi connectivity index (χ0n) is 22.6. The number of methoxy groups -OCH3 is 1. The zero-order chi connectivity index (χ0) is 26.3. The normalized spacial score (nSPS) is 28.2. The highest BCUT2D eigenvalue weighted by molar-refractivity contribution is 5.99. The lowest BCUT2D eigenvalue weighted by molar-refractivity contribution is -0.140. The van der Waals surface area contributed by atoms with Crippen LogP contribution < -0.4 is 5.32 Å². The highest BCUT2D eigenvalue weighted by atomic mass is 16.5. The predicted octanol–water partition coefficient (Wildman–Crippen LogP) is 2.76. The van der Waals surface area contributed by atoms with Crippen molar-refractivity contribution in [2.75, 3.05) is 33.4 Å². The Morgan fingerprint density at radius 1 is 1.08 bits per heavy atom. The second kappa shape index (κ2) is 10.5. The molecular formula is C29H41N3O5. The highest BCUT2D eigenvalue weighted by Gasteiger charge is 2.54. The molecule has 37 heavy (non-hydrogen) atoms. The summed E-state index contributed by atoms with van der Waals surface area (Å²) in [6.45, 7) is 8.33. The van der Waals surface area contributed by atoms with E-state index in [2.05, 4.69) is 22.3 Å². The highest BCUT2D eigenvalue weighted by Crippen LogP contribution is 2.34. The number of Topliss-reactive ketones (excluding diaryl/α,β-unsaturated/α-hetero) is 1. The summed E-state index contributed by atoms with van der Waals surface area (Å²) in [6, 6.07) is 7.22. The summed E-state index contributed by atoms with van der Waals surface area (Å²) < 4.78 is 11.1. The van der Waals surface area contributed by atoms with E-state index in [1.54, 1.807) is 12.0 Å². The Morgan fingerprint density at radius 2 is 1.76 bits per heavy atom. The van der Waals surface area contributed by atoms with E-state index in [1.165, 1.54) is 24.8 Å². The fourth-order valence-corrected chi connectivity index (χ4v) is 6.33. The monoisotopic (exact) mass is 511 g/mol. The first kappa shape index (κ1) is 26.3. The van der Waals surface area contributed by atoms with Crippen molar-refractivity contribution < 1.29 is 23.9 Å². The van der Waals surface area contributed by atoms with E-state index in [1.807, 2.05) is 32.9 Å². The number of nitrogens with zero attached hydrogens (tertiary/aromatic N) is 2. The molecule has 1 aromatic carbocycles. The van der Waals surface area contributed by atoms with Crippen LogP contribution in [0.4, 0.5) is 0 Å². The quantitative estimate of drug-likeness (QED) is 0.632. The van der Waals surface area contributed by atoms with E-state index >= 15 is 0 Å². The van der Waals surface area contributed by atoms with Gasteiger partial charge in [-0.1, -0.05) is 39.3 Å². The van der Waals surface area contributed by atoms with Crippen molar-refractivity contribution in [3.8, 4) is 0 Å². The van der Waals surface area contributed by atoms with Gasteiger partial charge in [0.2, 0.25) is 5.91 Å². The van der Waals surface area contributed by atoms with Gasteiger partial charge in [-0.05, 0) is 67.8 Å². The summed E-state index contributed by atoms with van der Waals surface area (Å²) in [4.78, 5) is 43.7. The molecule has 4 aliphatic rings. The van der Waals surface area contributed by atoms with Crippen LogP contribution in [0.15, 0.2) is 24.3 Å². The molecule has 0 radical (unpaired) electrons. The Labute approximate surface area is 220 Å². The van der Waals surface area contributed by atoms with E-state index in [-0.39, 0.29) is 36.9 Å². The zero-order valence-corrected chi connectivity index (χ0v) is 22.6. The molecule has 1 aromatic rings. The standard InChI is InChI=1S/C29H41N3O5/c1-29(2,3)26(28(35)32-16-23(36-4)25-24(32)22(33)17-37-25)30-27(34)20-10-8-18(9-11-20)19-12-14-31(15-13-19)21-6-5-7-21/h8-11,19,21,23-26H,5-7,12-17H2,1-4H3,(H,30,34)/t23-,24+,25+,26+/m0/s1. The largest absolute Gasteiger partial charge is 0.377 e. The van der Waals surface area contributed by atoms with Crippen LogP contribution in [0, 0.1) is 5.41 Å². The van der Waals surface area contributed by atoms with Crippen LogP contribution >= 0.6 is 0 Å². The van der Waals surface area contributed by atoms with Crippen LogP contribution in [0.3, 0.4) is 0 Å². The number of carbonyl (C=O) groups excluding carboxylic acids is 3.